The molecule has 0 aliphatic rings. The van der Waals surface area contributed by atoms with Gasteiger partial charge in [-0.2, -0.15) is 0 Å². The maximum absolute atomic E-state index is 5.47. The monoisotopic (exact) mass is 172 g/mol. The number of nitrogens with one attached hydrogen (secondary N) is 2. The third-order valence-electron chi connectivity index (χ3n) is 1.12. The van der Waals surface area contributed by atoms with Crippen LogP contribution in [0.2, 0.25) is 0 Å². The molecule has 0 fully saturated rings. The van der Waals surface area contributed by atoms with Gasteiger partial charge in [-0.3, -0.25) is 0 Å². The zero-order valence-electron chi connectivity index (χ0n) is 5.59. The van der Waals surface area contributed by atoms with Crippen LogP contribution in [0.25, 0.3) is 0 Å². The fraction of sp³-hybridized carbons (Fsp3) is 0. The zero-order chi connectivity index (χ0) is 8.43. The first-order chi connectivity index (χ1) is 5.15. The highest BCUT2D eigenvalue weighted by molar-refractivity contribution is 7.71. The van der Waals surface area contributed by atoms with Gasteiger partial charge in [-0.05, 0) is 0 Å². The number of nitrogens with zero attached hydrogens (tertiary/aromatic N) is 1. The predicted molar refractivity (Wildman–Crippen MR) is 46.1 cm³/mol. The van der Waals surface area contributed by atoms with Crippen molar-refractivity contribution in [1.82, 2.24) is 9.97 Å². The lowest BCUT2D eigenvalue weighted by Crippen LogP contribution is -2.13. The summed E-state index contributed by atoms with van der Waals surface area (Å²) in [6, 6.07) is 0. The first-order valence-corrected chi connectivity index (χ1v) is 3.18. The highest BCUT2D eigenvalue weighted by Gasteiger charge is 2.00. The fourth-order valence-electron chi connectivity index (χ4n) is 0.614. The standard InChI is InChI=1S/C4H8N6S/c5-1-2(10-7)8-4(6)9-3(1)11/h5,7H2,(H4,6,8,9,10,11). The maximum Gasteiger partial charge on any atom is 0.200 e. The van der Waals surface area contributed by atoms with E-state index in [9.17, 15) is 0 Å². The Hall–Kier alpha value is -1.34. The lowest BCUT2D eigenvalue weighted by atomic mass is 10.5. The second-order valence-electron chi connectivity index (χ2n) is 1.86. The molecule has 6 nitrogen and oxygen atoms in total. The second kappa shape index (κ2) is 2.72. The summed E-state index contributed by atoms with van der Waals surface area (Å²) in [7, 11) is 0. The topological polar surface area (TPSA) is 119 Å². The molecule has 1 aromatic heterocycles. The largest absolute Gasteiger partial charge is 0.393 e. The number of hydrogen-bond donors (Lipinski definition) is 5. The normalized spacial score (nSPS) is 9.55. The molecule has 1 heterocycles. The smallest absolute Gasteiger partial charge is 0.200 e. The summed E-state index contributed by atoms with van der Waals surface area (Å²) in [5.41, 5.74) is 13.4. The number of H-pyrrole nitrogens is 1. The van der Waals surface area contributed by atoms with E-state index in [0.717, 1.165) is 0 Å². The number of nitrogens with two attached hydrogens (primary N) is 3. The van der Waals surface area contributed by atoms with Gasteiger partial charge in [-0.1, -0.05) is 12.2 Å². The van der Waals surface area contributed by atoms with Crippen LogP contribution in [-0.4, -0.2) is 9.97 Å². The van der Waals surface area contributed by atoms with Crippen LogP contribution in [0.1, 0.15) is 0 Å². The molecule has 60 valence electrons. The summed E-state index contributed by atoms with van der Waals surface area (Å²) in [4.78, 5) is 6.30. The number of aromatic nitrogens is 2. The number of nitrogen functional groups attached to an aromatic ring is 3. The Morgan fingerprint density at radius 3 is 2.64 bits per heavy atom. The van der Waals surface area contributed by atoms with Crippen LogP contribution < -0.4 is 22.7 Å². The van der Waals surface area contributed by atoms with Crippen LogP contribution in [0.15, 0.2) is 0 Å². The van der Waals surface area contributed by atoms with Crippen molar-refractivity contribution < 1.29 is 0 Å². The van der Waals surface area contributed by atoms with E-state index in [4.69, 9.17) is 29.5 Å². The van der Waals surface area contributed by atoms with Crippen molar-refractivity contribution in [3.8, 4) is 0 Å². The predicted octanol–water partition coefficient (Wildman–Crippen LogP) is -0.411. The number of anilines is 3. The molecule has 8 N–H and O–H groups in total. The first kappa shape index (κ1) is 7.76. The molecule has 0 unspecified atom stereocenters. The van der Waals surface area contributed by atoms with E-state index in [2.05, 4.69) is 15.4 Å². The lowest BCUT2D eigenvalue weighted by molar-refractivity contribution is 1.15. The van der Waals surface area contributed by atoms with Crippen molar-refractivity contribution in [1.29, 1.82) is 0 Å². The minimum absolute atomic E-state index is 0.178. The van der Waals surface area contributed by atoms with Crippen LogP contribution in [0.3, 0.4) is 0 Å². The summed E-state index contributed by atoms with van der Waals surface area (Å²) >= 11 is 4.76. The maximum atomic E-state index is 5.47. The average Bonchev–Trinajstić information content (AvgIpc) is 1.96. The molecule has 11 heavy (non-hydrogen) atoms. The highest BCUT2D eigenvalue weighted by Crippen LogP contribution is 2.14. The quantitative estimate of drug-likeness (QED) is 0.223. The van der Waals surface area contributed by atoms with Gasteiger partial charge in [-0.25, -0.2) is 10.8 Å². The van der Waals surface area contributed by atoms with Crippen LogP contribution in [0.5, 0.6) is 0 Å². The van der Waals surface area contributed by atoms with Gasteiger partial charge in [0.25, 0.3) is 0 Å². The van der Waals surface area contributed by atoms with Gasteiger partial charge in [0.2, 0.25) is 0 Å². The molecule has 0 aromatic carbocycles. The minimum Gasteiger partial charge on any atom is -0.393 e. The highest BCUT2D eigenvalue weighted by atomic mass is 32.1. The van der Waals surface area contributed by atoms with Crippen molar-refractivity contribution in [2.45, 2.75) is 0 Å². The number of hydrogen-bond acceptors (Lipinski definition) is 6. The number of aromatic amines is 1. The molecule has 0 bridgehead atoms. The van der Waals surface area contributed by atoms with E-state index in [1.54, 1.807) is 0 Å². The average molecular weight is 172 g/mol. The molecule has 1 aromatic rings. The lowest BCUT2D eigenvalue weighted by Gasteiger charge is -2.04. The summed E-state index contributed by atoms with van der Waals surface area (Å²) in [5.74, 6) is 5.65. The molecule has 0 aliphatic heterocycles. The Balaban J connectivity index is 3.36. The number of rotatable bonds is 1. The number of hydrazine groups is 1. The molecule has 0 aliphatic carbocycles. The van der Waals surface area contributed by atoms with Crippen molar-refractivity contribution >= 4 is 29.7 Å². The molecular weight excluding hydrogens is 164 g/mol. The van der Waals surface area contributed by atoms with Gasteiger partial charge in [0.05, 0.1) is 0 Å². The van der Waals surface area contributed by atoms with E-state index in [1.165, 1.54) is 0 Å². The van der Waals surface area contributed by atoms with Crippen LogP contribution in [0, 0.1) is 4.64 Å². The van der Waals surface area contributed by atoms with Gasteiger partial charge in [0, 0.05) is 0 Å². The molecule has 0 atom stereocenters. The van der Waals surface area contributed by atoms with Gasteiger partial charge in [0.1, 0.15) is 11.5 Å². The van der Waals surface area contributed by atoms with E-state index >= 15 is 0 Å². The molecular formula is C4H8N6S. The summed E-state index contributed by atoms with van der Waals surface area (Å²) < 4.78 is 0.231. The molecule has 7 heteroatoms. The Kier molecular flexibility index (Phi) is 1.92. The molecule has 0 radical (unpaired) electrons. The second-order valence-corrected chi connectivity index (χ2v) is 2.25. The van der Waals surface area contributed by atoms with E-state index in [0.29, 0.717) is 5.82 Å². The van der Waals surface area contributed by atoms with Gasteiger partial charge in [-0.15, -0.1) is 0 Å². The SMILES string of the molecule is NNc1[nH]c(N)nc(=S)c1N. The molecule has 1 rings (SSSR count). The molecule has 0 saturated carbocycles. The Morgan fingerprint density at radius 2 is 2.09 bits per heavy atom. The fourth-order valence-corrected chi connectivity index (χ4v) is 0.814. The molecule has 0 saturated heterocycles. The summed E-state index contributed by atoms with van der Waals surface area (Å²) in [5, 5.41) is 0. The first-order valence-electron chi connectivity index (χ1n) is 2.77. The zero-order valence-corrected chi connectivity index (χ0v) is 6.40. The van der Waals surface area contributed by atoms with Crippen molar-refractivity contribution in [2.24, 2.45) is 5.84 Å². The van der Waals surface area contributed by atoms with E-state index in [-0.39, 0.29) is 16.3 Å². The van der Waals surface area contributed by atoms with E-state index < -0.39 is 0 Å². The molecule has 0 amide bonds. The minimum atomic E-state index is 0.178. The molecule has 0 spiro atoms. The van der Waals surface area contributed by atoms with Gasteiger partial charge in [0.15, 0.2) is 10.6 Å². The third-order valence-corrected chi connectivity index (χ3v) is 1.43. The summed E-state index contributed by atoms with van der Waals surface area (Å²) in [6.45, 7) is 0. The van der Waals surface area contributed by atoms with Crippen molar-refractivity contribution in [3.05, 3.63) is 4.64 Å². The Labute approximate surface area is 67.8 Å². The third kappa shape index (κ3) is 1.38. The Bertz CT molecular complexity index is 317. The Morgan fingerprint density at radius 1 is 1.45 bits per heavy atom. The van der Waals surface area contributed by atoms with Gasteiger partial charge < -0.3 is 21.9 Å². The van der Waals surface area contributed by atoms with Crippen LogP contribution in [-0.2, 0) is 0 Å². The summed E-state index contributed by atoms with van der Waals surface area (Å²) in [6.07, 6.45) is 0. The van der Waals surface area contributed by atoms with Gasteiger partial charge >= 0.3 is 0 Å². The van der Waals surface area contributed by atoms with Crippen molar-refractivity contribution in [2.75, 3.05) is 16.9 Å². The van der Waals surface area contributed by atoms with Crippen LogP contribution in [0.4, 0.5) is 17.5 Å². The van der Waals surface area contributed by atoms with E-state index in [1.807, 2.05) is 0 Å². The van der Waals surface area contributed by atoms with Crippen LogP contribution >= 0.6 is 12.2 Å². The van der Waals surface area contributed by atoms with Crippen molar-refractivity contribution in [3.63, 3.8) is 0 Å².